The van der Waals surface area contributed by atoms with Crippen molar-refractivity contribution >= 4 is 11.8 Å². The van der Waals surface area contributed by atoms with E-state index in [2.05, 4.69) is 24.3 Å². The molecule has 0 amide bonds. The average Bonchev–Trinajstić information content (AvgIpc) is 2.93. The van der Waals surface area contributed by atoms with E-state index in [1.807, 2.05) is 11.8 Å². The van der Waals surface area contributed by atoms with Crippen LogP contribution < -0.4 is 10.5 Å². The van der Waals surface area contributed by atoms with Gasteiger partial charge in [0.15, 0.2) is 0 Å². The van der Waals surface area contributed by atoms with Gasteiger partial charge in [0, 0.05) is 11.3 Å². The highest BCUT2D eigenvalue weighted by molar-refractivity contribution is 7.99. The van der Waals surface area contributed by atoms with Crippen molar-refractivity contribution in [2.45, 2.75) is 50.2 Å². The fourth-order valence-electron chi connectivity index (χ4n) is 3.14. The first kappa shape index (κ1) is 13.3. The molecule has 1 aromatic carbocycles. The molecule has 1 aromatic rings. The van der Waals surface area contributed by atoms with Crippen molar-refractivity contribution in [2.24, 2.45) is 5.73 Å². The summed E-state index contributed by atoms with van der Waals surface area (Å²) in [6, 6.07) is 8.54. The third kappa shape index (κ3) is 3.09. The molecule has 1 aliphatic carbocycles. The zero-order valence-electron chi connectivity index (χ0n) is 11.4. The Kier molecular flexibility index (Phi) is 4.04. The van der Waals surface area contributed by atoms with Crippen molar-refractivity contribution < 1.29 is 4.74 Å². The van der Waals surface area contributed by atoms with E-state index in [1.165, 1.54) is 37.0 Å². The topological polar surface area (TPSA) is 35.2 Å². The van der Waals surface area contributed by atoms with Gasteiger partial charge in [-0.05, 0) is 42.7 Å². The third-order valence-corrected chi connectivity index (χ3v) is 5.50. The molecule has 1 saturated carbocycles. The predicted molar refractivity (Wildman–Crippen MR) is 81.8 cm³/mol. The number of benzene rings is 1. The van der Waals surface area contributed by atoms with Gasteiger partial charge in [-0.15, -0.1) is 0 Å². The molecule has 2 N–H and O–H groups in total. The number of hydrogen-bond donors (Lipinski definition) is 1. The van der Waals surface area contributed by atoms with Gasteiger partial charge in [0.05, 0.1) is 0 Å². The first-order chi connectivity index (χ1) is 9.26. The minimum Gasteiger partial charge on any atom is -0.490 e. The number of nitrogens with two attached hydrogens (primary N) is 1. The van der Waals surface area contributed by atoms with Gasteiger partial charge in [0.25, 0.3) is 0 Å². The summed E-state index contributed by atoms with van der Waals surface area (Å²) in [4.78, 5) is 0. The Morgan fingerprint density at radius 1 is 1.11 bits per heavy atom. The van der Waals surface area contributed by atoms with E-state index >= 15 is 0 Å². The summed E-state index contributed by atoms with van der Waals surface area (Å²) < 4.78 is 5.99. The summed E-state index contributed by atoms with van der Waals surface area (Å²) in [6.45, 7) is 0. The van der Waals surface area contributed by atoms with Gasteiger partial charge >= 0.3 is 0 Å². The SMILES string of the molecule is NC1(c2ccc(OC3CCSC3)cc2)CCCCC1. The highest BCUT2D eigenvalue weighted by Crippen LogP contribution is 2.35. The van der Waals surface area contributed by atoms with E-state index < -0.39 is 0 Å². The summed E-state index contributed by atoms with van der Waals surface area (Å²) >= 11 is 1.98. The molecule has 1 unspecified atom stereocenters. The zero-order valence-corrected chi connectivity index (χ0v) is 12.3. The van der Waals surface area contributed by atoms with Crippen LogP contribution in [0, 0.1) is 0 Å². The summed E-state index contributed by atoms with van der Waals surface area (Å²) in [5.41, 5.74) is 7.73. The lowest BCUT2D eigenvalue weighted by molar-refractivity contribution is 0.229. The molecule has 19 heavy (non-hydrogen) atoms. The molecule has 0 radical (unpaired) electrons. The maximum atomic E-state index is 6.55. The maximum absolute atomic E-state index is 6.55. The Hall–Kier alpha value is -0.670. The van der Waals surface area contributed by atoms with E-state index in [0.717, 1.165) is 24.3 Å². The Labute approximate surface area is 120 Å². The minimum atomic E-state index is -0.0972. The van der Waals surface area contributed by atoms with Crippen LogP contribution in [-0.2, 0) is 5.54 Å². The van der Waals surface area contributed by atoms with Gasteiger partial charge in [-0.1, -0.05) is 31.4 Å². The molecule has 1 saturated heterocycles. The third-order valence-electron chi connectivity index (χ3n) is 4.37. The van der Waals surface area contributed by atoms with E-state index in [0.29, 0.717) is 6.10 Å². The predicted octanol–water partition coefficient (Wildman–Crippen LogP) is 3.69. The molecule has 1 heterocycles. The molecule has 2 aliphatic rings. The summed E-state index contributed by atoms with van der Waals surface area (Å²) in [5, 5.41) is 0. The molecule has 1 atom stereocenters. The smallest absolute Gasteiger partial charge is 0.119 e. The van der Waals surface area contributed by atoms with E-state index in [-0.39, 0.29) is 5.54 Å². The Bertz CT molecular complexity index is 405. The van der Waals surface area contributed by atoms with E-state index in [4.69, 9.17) is 10.5 Å². The molecular formula is C16H23NOS. The molecule has 3 heteroatoms. The normalized spacial score (nSPS) is 26.3. The van der Waals surface area contributed by atoms with E-state index in [9.17, 15) is 0 Å². The molecule has 104 valence electrons. The largest absolute Gasteiger partial charge is 0.490 e. The average molecular weight is 277 g/mol. The van der Waals surface area contributed by atoms with Crippen LogP contribution in [0.5, 0.6) is 5.75 Å². The molecule has 0 aromatic heterocycles. The second-order valence-corrected chi connectivity index (χ2v) is 6.99. The van der Waals surface area contributed by atoms with Crippen LogP contribution in [0.15, 0.2) is 24.3 Å². The molecule has 3 rings (SSSR count). The summed E-state index contributed by atoms with van der Waals surface area (Å²) in [7, 11) is 0. The van der Waals surface area contributed by atoms with Gasteiger partial charge in [0.1, 0.15) is 11.9 Å². The second-order valence-electron chi connectivity index (χ2n) is 5.84. The summed E-state index contributed by atoms with van der Waals surface area (Å²) in [6.07, 6.45) is 7.66. The molecule has 2 fully saturated rings. The van der Waals surface area contributed by atoms with Crippen molar-refractivity contribution in [2.75, 3.05) is 11.5 Å². The van der Waals surface area contributed by atoms with Crippen molar-refractivity contribution in [3.8, 4) is 5.75 Å². The summed E-state index contributed by atoms with van der Waals surface area (Å²) in [5.74, 6) is 3.35. The Morgan fingerprint density at radius 2 is 1.84 bits per heavy atom. The van der Waals surface area contributed by atoms with Gasteiger partial charge in [0.2, 0.25) is 0 Å². The van der Waals surface area contributed by atoms with Crippen LogP contribution in [0.4, 0.5) is 0 Å². The molecular weight excluding hydrogens is 254 g/mol. The van der Waals surface area contributed by atoms with Crippen molar-refractivity contribution in [1.29, 1.82) is 0 Å². The van der Waals surface area contributed by atoms with Gasteiger partial charge in [-0.3, -0.25) is 0 Å². The van der Waals surface area contributed by atoms with Crippen molar-refractivity contribution in [3.05, 3.63) is 29.8 Å². The van der Waals surface area contributed by atoms with Crippen LogP contribution in [0.2, 0.25) is 0 Å². The number of ether oxygens (including phenoxy) is 1. The molecule has 0 spiro atoms. The minimum absolute atomic E-state index is 0.0972. The highest BCUT2D eigenvalue weighted by Gasteiger charge is 2.29. The number of rotatable bonds is 3. The van der Waals surface area contributed by atoms with Gasteiger partial charge in [-0.2, -0.15) is 11.8 Å². The number of hydrogen-bond acceptors (Lipinski definition) is 3. The van der Waals surface area contributed by atoms with Crippen LogP contribution >= 0.6 is 11.8 Å². The van der Waals surface area contributed by atoms with Crippen LogP contribution in [0.25, 0.3) is 0 Å². The van der Waals surface area contributed by atoms with E-state index in [1.54, 1.807) is 0 Å². The first-order valence-corrected chi connectivity index (χ1v) is 8.56. The van der Waals surface area contributed by atoms with Gasteiger partial charge in [-0.25, -0.2) is 0 Å². The van der Waals surface area contributed by atoms with Crippen LogP contribution in [0.1, 0.15) is 44.1 Å². The molecule has 0 bridgehead atoms. The second kappa shape index (κ2) is 5.76. The van der Waals surface area contributed by atoms with Crippen LogP contribution in [-0.4, -0.2) is 17.6 Å². The van der Waals surface area contributed by atoms with Gasteiger partial charge < -0.3 is 10.5 Å². The van der Waals surface area contributed by atoms with Crippen molar-refractivity contribution in [1.82, 2.24) is 0 Å². The first-order valence-electron chi connectivity index (χ1n) is 7.40. The van der Waals surface area contributed by atoms with Crippen molar-refractivity contribution in [3.63, 3.8) is 0 Å². The Balaban J connectivity index is 1.67. The highest BCUT2D eigenvalue weighted by atomic mass is 32.2. The fourth-order valence-corrected chi connectivity index (χ4v) is 4.23. The molecule has 1 aliphatic heterocycles. The lowest BCUT2D eigenvalue weighted by Crippen LogP contribution is -2.38. The standard InChI is InChI=1S/C16H23NOS/c17-16(9-2-1-3-10-16)13-4-6-14(7-5-13)18-15-8-11-19-12-15/h4-7,15H,1-3,8-12,17H2. The maximum Gasteiger partial charge on any atom is 0.119 e. The molecule has 2 nitrogen and oxygen atoms in total. The quantitative estimate of drug-likeness (QED) is 0.915. The number of thioether (sulfide) groups is 1. The zero-order chi connectivity index (χ0) is 13.1. The lowest BCUT2D eigenvalue weighted by Gasteiger charge is -2.34. The van der Waals surface area contributed by atoms with Crippen LogP contribution in [0.3, 0.4) is 0 Å². The monoisotopic (exact) mass is 277 g/mol. The fraction of sp³-hybridized carbons (Fsp3) is 0.625. The lowest BCUT2D eigenvalue weighted by atomic mass is 9.77. The Morgan fingerprint density at radius 3 is 2.47 bits per heavy atom.